The summed E-state index contributed by atoms with van der Waals surface area (Å²) >= 11 is 2.34. The average Bonchev–Trinajstić information content (AvgIpc) is 3.00. The van der Waals surface area contributed by atoms with Crippen molar-refractivity contribution >= 4 is 41.6 Å². The standard InChI is InChI=1S/C19H26FNO7S2/c1-10(22)13-15(23)21-14(18(29-9-8-20)30-16(13)21)17(24)26-11(2)27-19(25)28-12-6-4-3-5-7-12/h10-13,16,22H,3-9H2,1-2H3/t10-,11?,13+,16-/m1/s1. The Balaban J connectivity index is 1.60. The Bertz CT molecular complexity index is 711. The molecule has 3 aliphatic rings. The molecule has 3 rings (SSSR count). The lowest BCUT2D eigenvalue weighted by Crippen LogP contribution is -2.60. The number of fused-ring (bicyclic) bond motifs is 1. The van der Waals surface area contributed by atoms with Gasteiger partial charge in [-0.05, 0) is 32.6 Å². The van der Waals surface area contributed by atoms with Gasteiger partial charge in [0.25, 0.3) is 0 Å². The van der Waals surface area contributed by atoms with Crippen LogP contribution in [0.3, 0.4) is 0 Å². The summed E-state index contributed by atoms with van der Waals surface area (Å²) in [5.41, 5.74) is 0.00134. The highest BCUT2D eigenvalue weighted by molar-refractivity contribution is 8.22. The second kappa shape index (κ2) is 10.2. The van der Waals surface area contributed by atoms with Crippen LogP contribution in [0.1, 0.15) is 46.0 Å². The number of carbonyl (C=O) groups is 3. The van der Waals surface area contributed by atoms with Crippen LogP contribution in [-0.2, 0) is 23.8 Å². The fourth-order valence-electron chi connectivity index (χ4n) is 3.69. The van der Waals surface area contributed by atoms with Crippen molar-refractivity contribution in [2.75, 3.05) is 12.4 Å². The topological polar surface area (TPSA) is 102 Å². The number of halogens is 1. The molecule has 1 saturated carbocycles. The van der Waals surface area contributed by atoms with E-state index >= 15 is 0 Å². The van der Waals surface area contributed by atoms with E-state index in [-0.39, 0.29) is 17.6 Å². The number of hydrogen-bond donors (Lipinski definition) is 1. The molecule has 0 aromatic rings. The minimum absolute atomic E-state index is 0.00134. The molecule has 0 aromatic carbocycles. The van der Waals surface area contributed by atoms with Crippen LogP contribution >= 0.6 is 23.5 Å². The van der Waals surface area contributed by atoms with E-state index in [0.29, 0.717) is 4.24 Å². The number of alkyl halides is 1. The first kappa shape index (κ1) is 23.2. The molecule has 2 fully saturated rings. The minimum atomic E-state index is -1.22. The molecule has 1 saturated heterocycles. The van der Waals surface area contributed by atoms with Gasteiger partial charge in [0.05, 0.1) is 22.9 Å². The molecular formula is C19H26FNO7S2. The molecule has 1 unspecified atom stereocenters. The van der Waals surface area contributed by atoms with Crippen molar-refractivity contribution in [2.24, 2.45) is 5.92 Å². The van der Waals surface area contributed by atoms with E-state index in [1.165, 1.54) is 30.5 Å². The summed E-state index contributed by atoms with van der Waals surface area (Å²) in [5, 5.41) is 9.39. The van der Waals surface area contributed by atoms with Gasteiger partial charge in [0.15, 0.2) is 5.70 Å². The second-order valence-electron chi connectivity index (χ2n) is 7.38. The van der Waals surface area contributed by atoms with E-state index in [0.717, 1.165) is 43.9 Å². The second-order valence-corrected chi connectivity index (χ2v) is 9.87. The monoisotopic (exact) mass is 463 g/mol. The zero-order valence-corrected chi connectivity index (χ0v) is 18.5. The molecule has 1 amide bonds. The van der Waals surface area contributed by atoms with Crippen LogP contribution in [0, 0.1) is 5.92 Å². The molecule has 4 atom stereocenters. The summed E-state index contributed by atoms with van der Waals surface area (Å²) in [4.78, 5) is 38.3. The van der Waals surface area contributed by atoms with Crippen molar-refractivity contribution in [3.63, 3.8) is 0 Å². The first-order valence-corrected chi connectivity index (χ1v) is 11.9. The van der Waals surface area contributed by atoms with Crippen molar-refractivity contribution in [1.29, 1.82) is 0 Å². The van der Waals surface area contributed by atoms with Gasteiger partial charge in [-0.3, -0.25) is 14.1 Å². The molecule has 0 bridgehead atoms. The van der Waals surface area contributed by atoms with E-state index in [4.69, 9.17) is 14.2 Å². The Kier molecular flexibility index (Phi) is 7.92. The molecule has 11 heteroatoms. The highest BCUT2D eigenvalue weighted by atomic mass is 32.2. The van der Waals surface area contributed by atoms with Crippen LogP contribution in [0.2, 0.25) is 0 Å². The van der Waals surface area contributed by atoms with Crippen molar-refractivity contribution < 1.29 is 38.1 Å². The molecule has 2 heterocycles. The molecule has 2 aliphatic heterocycles. The molecular weight excluding hydrogens is 437 g/mol. The van der Waals surface area contributed by atoms with Gasteiger partial charge in [-0.1, -0.05) is 18.2 Å². The largest absolute Gasteiger partial charge is 0.511 e. The molecule has 0 radical (unpaired) electrons. The number of rotatable bonds is 8. The van der Waals surface area contributed by atoms with E-state index in [1.54, 1.807) is 0 Å². The van der Waals surface area contributed by atoms with Crippen LogP contribution in [0.25, 0.3) is 0 Å². The Morgan fingerprint density at radius 3 is 2.60 bits per heavy atom. The quantitative estimate of drug-likeness (QED) is 0.330. The molecule has 168 valence electrons. The van der Waals surface area contributed by atoms with E-state index in [1.807, 2.05) is 0 Å². The van der Waals surface area contributed by atoms with E-state index < -0.39 is 48.4 Å². The number of β-lactam (4-membered cyclic amide) rings is 1. The fraction of sp³-hybridized carbons (Fsp3) is 0.737. The summed E-state index contributed by atoms with van der Waals surface area (Å²) in [5.74, 6) is -1.76. The number of hydrogen-bond acceptors (Lipinski definition) is 9. The Morgan fingerprint density at radius 2 is 1.97 bits per heavy atom. The van der Waals surface area contributed by atoms with Crippen molar-refractivity contribution in [2.45, 2.75) is 69.8 Å². The van der Waals surface area contributed by atoms with Gasteiger partial charge in [0, 0.05) is 12.7 Å². The lowest BCUT2D eigenvalue weighted by atomic mass is 9.92. The molecule has 30 heavy (non-hydrogen) atoms. The van der Waals surface area contributed by atoms with Crippen LogP contribution in [-0.4, -0.2) is 64.3 Å². The summed E-state index contributed by atoms with van der Waals surface area (Å²) in [7, 11) is 0. The van der Waals surface area contributed by atoms with Gasteiger partial charge < -0.3 is 19.3 Å². The van der Waals surface area contributed by atoms with Gasteiger partial charge in [0.2, 0.25) is 12.2 Å². The van der Waals surface area contributed by atoms with Gasteiger partial charge in [-0.2, -0.15) is 0 Å². The number of aliphatic hydroxyl groups excluding tert-OH is 1. The van der Waals surface area contributed by atoms with Gasteiger partial charge in [0.1, 0.15) is 11.5 Å². The highest BCUT2D eigenvalue weighted by Gasteiger charge is 2.58. The number of esters is 1. The van der Waals surface area contributed by atoms with Crippen molar-refractivity contribution in [3.8, 4) is 0 Å². The molecule has 1 N–H and O–H groups in total. The predicted octanol–water partition coefficient (Wildman–Crippen LogP) is 3.15. The number of nitrogens with zero attached hydrogens (tertiary/aromatic N) is 1. The smallest absolute Gasteiger partial charge is 0.431 e. The summed E-state index contributed by atoms with van der Waals surface area (Å²) in [6, 6.07) is 0. The Morgan fingerprint density at radius 1 is 1.27 bits per heavy atom. The van der Waals surface area contributed by atoms with Crippen LogP contribution in [0.15, 0.2) is 9.93 Å². The fourth-order valence-corrected chi connectivity index (χ4v) is 6.40. The number of thioether (sulfide) groups is 2. The summed E-state index contributed by atoms with van der Waals surface area (Å²) < 4.78 is 28.6. The van der Waals surface area contributed by atoms with Gasteiger partial charge in [-0.25, -0.2) is 9.59 Å². The maximum absolute atomic E-state index is 12.7. The van der Waals surface area contributed by atoms with Crippen molar-refractivity contribution in [1.82, 2.24) is 4.90 Å². The van der Waals surface area contributed by atoms with Gasteiger partial charge >= 0.3 is 12.1 Å². The summed E-state index contributed by atoms with van der Waals surface area (Å²) in [6.07, 6.45) is 1.48. The lowest BCUT2D eigenvalue weighted by Gasteiger charge is -2.43. The molecule has 0 spiro atoms. The molecule has 1 aliphatic carbocycles. The molecule has 8 nitrogen and oxygen atoms in total. The predicted molar refractivity (Wildman–Crippen MR) is 109 cm³/mol. The third kappa shape index (κ3) is 5.05. The van der Waals surface area contributed by atoms with Crippen LogP contribution in [0.4, 0.5) is 9.18 Å². The highest BCUT2D eigenvalue weighted by Crippen LogP contribution is 2.53. The Labute approximate surface area is 182 Å². The maximum Gasteiger partial charge on any atom is 0.511 e. The third-order valence-corrected chi connectivity index (χ3v) is 7.73. The zero-order chi connectivity index (χ0) is 21.8. The summed E-state index contributed by atoms with van der Waals surface area (Å²) in [6.45, 7) is 2.30. The van der Waals surface area contributed by atoms with Crippen molar-refractivity contribution in [3.05, 3.63) is 9.93 Å². The normalized spacial score (nSPS) is 26.0. The number of aliphatic hydroxyl groups is 1. The average molecular weight is 464 g/mol. The Hall–Kier alpha value is -1.46. The van der Waals surface area contributed by atoms with Crippen LogP contribution in [0.5, 0.6) is 0 Å². The van der Waals surface area contributed by atoms with Crippen LogP contribution < -0.4 is 0 Å². The number of carbonyl (C=O) groups excluding carboxylic acids is 3. The van der Waals surface area contributed by atoms with Gasteiger partial charge in [-0.15, -0.1) is 11.8 Å². The lowest BCUT2D eigenvalue weighted by molar-refractivity contribution is -0.171. The number of ether oxygens (including phenoxy) is 3. The third-order valence-electron chi connectivity index (χ3n) is 5.12. The minimum Gasteiger partial charge on any atom is -0.431 e. The van der Waals surface area contributed by atoms with E-state index in [2.05, 4.69) is 0 Å². The SMILES string of the molecule is CC(OC(=O)OC1CCCCC1)OC(=O)C1=C(SCCF)S[C@@H]2[C@@H]([C@@H](C)O)C(=O)N12. The number of amides is 1. The first-order valence-electron chi connectivity index (χ1n) is 10.0. The zero-order valence-electron chi connectivity index (χ0n) is 16.9. The maximum atomic E-state index is 12.7. The molecule has 0 aromatic heterocycles. The van der Waals surface area contributed by atoms with E-state index in [9.17, 15) is 23.9 Å². The first-order chi connectivity index (χ1) is 14.3.